The Hall–Kier alpha value is -2.71. The maximum Gasteiger partial charge on any atom is 0.219 e. The van der Waals surface area contributed by atoms with Crippen LogP contribution in [0.5, 0.6) is 0 Å². The Labute approximate surface area is 152 Å². The fourth-order valence-corrected chi connectivity index (χ4v) is 3.49. The Balaban J connectivity index is 1.96. The number of hydrogen-bond donors (Lipinski definition) is 0. The van der Waals surface area contributed by atoms with Gasteiger partial charge in [0, 0.05) is 20.5 Å². The molecule has 134 valence electrons. The first-order valence-corrected chi connectivity index (χ1v) is 8.61. The van der Waals surface area contributed by atoms with E-state index in [1.807, 2.05) is 12.1 Å². The normalized spacial score (nSPS) is 18.2. The van der Waals surface area contributed by atoms with Gasteiger partial charge in [-0.25, -0.2) is 4.39 Å². The standard InChI is InChI=1S/C21H21FN2O2/c1-15(25)24(2)11-3-10-21(18-5-7-19(22)8-6-18)20-9-4-16(13-23)12-17(20)14-26-21/h4-9,12H,3,10-11,14H2,1-2H3. The van der Waals surface area contributed by atoms with Gasteiger partial charge in [0.05, 0.1) is 18.2 Å². The van der Waals surface area contributed by atoms with Gasteiger partial charge in [0.1, 0.15) is 11.4 Å². The Morgan fingerprint density at radius 1 is 1.31 bits per heavy atom. The van der Waals surface area contributed by atoms with Gasteiger partial charge in [0.2, 0.25) is 5.91 Å². The number of fused-ring (bicyclic) bond motifs is 1. The van der Waals surface area contributed by atoms with Gasteiger partial charge in [-0.2, -0.15) is 5.26 Å². The van der Waals surface area contributed by atoms with Gasteiger partial charge in [-0.1, -0.05) is 18.2 Å². The van der Waals surface area contributed by atoms with Gasteiger partial charge < -0.3 is 9.64 Å². The van der Waals surface area contributed by atoms with Crippen LogP contribution in [0.15, 0.2) is 42.5 Å². The van der Waals surface area contributed by atoms with Crippen molar-refractivity contribution in [1.82, 2.24) is 4.90 Å². The van der Waals surface area contributed by atoms with Crippen molar-refractivity contribution in [2.75, 3.05) is 13.6 Å². The lowest BCUT2D eigenvalue weighted by Gasteiger charge is -2.31. The number of halogens is 1. The lowest BCUT2D eigenvalue weighted by Crippen LogP contribution is -2.30. The zero-order valence-electron chi connectivity index (χ0n) is 15.0. The highest BCUT2D eigenvalue weighted by atomic mass is 19.1. The van der Waals surface area contributed by atoms with Gasteiger partial charge in [-0.05, 0) is 53.8 Å². The molecule has 1 heterocycles. The molecule has 0 saturated heterocycles. The number of rotatable bonds is 5. The van der Waals surface area contributed by atoms with Crippen LogP contribution in [-0.4, -0.2) is 24.4 Å². The molecule has 26 heavy (non-hydrogen) atoms. The molecule has 0 aromatic heterocycles. The highest BCUT2D eigenvalue weighted by Gasteiger charge is 2.41. The third kappa shape index (κ3) is 3.33. The molecule has 0 spiro atoms. The lowest BCUT2D eigenvalue weighted by molar-refractivity contribution is -0.127. The number of nitriles is 1. The van der Waals surface area contributed by atoms with E-state index in [2.05, 4.69) is 6.07 Å². The van der Waals surface area contributed by atoms with E-state index in [1.165, 1.54) is 12.1 Å². The molecule has 5 heteroatoms. The Kier molecular flexibility index (Phi) is 5.06. The SMILES string of the molecule is CC(=O)N(C)CCCC1(c2ccc(F)cc2)OCc2cc(C#N)ccc21. The van der Waals surface area contributed by atoms with E-state index in [-0.39, 0.29) is 11.7 Å². The number of carbonyl (C=O) groups is 1. The van der Waals surface area contributed by atoms with Crippen LogP contribution in [0.1, 0.15) is 42.0 Å². The van der Waals surface area contributed by atoms with Crippen molar-refractivity contribution in [3.05, 3.63) is 70.5 Å². The average Bonchev–Trinajstić information content (AvgIpc) is 3.01. The first-order valence-electron chi connectivity index (χ1n) is 8.61. The van der Waals surface area contributed by atoms with Crippen molar-refractivity contribution in [3.8, 4) is 6.07 Å². The van der Waals surface area contributed by atoms with Crippen LogP contribution in [0.25, 0.3) is 0 Å². The number of benzene rings is 2. The molecule has 1 amide bonds. The first kappa shape index (κ1) is 18.1. The summed E-state index contributed by atoms with van der Waals surface area (Å²) in [4.78, 5) is 13.1. The molecule has 0 radical (unpaired) electrons. The molecular weight excluding hydrogens is 331 g/mol. The van der Waals surface area contributed by atoms with E-state index < -0.39 is 5.60 Å². The number of nitrogens with zero attached hydrogens (tertiary/aromatic N) is 2. The van der Waals surface area contributed by atoms with Crippen molar-refractivity contribution >= 4 is 5.91 Å². The molecule has 2 aromatic carbocycles. The monoisotopic (exact) mass is 352 g/mol. The van der Waals surface area contributed by atoms with Crippen LogP contribution in [-0.2, 0) is 21.7 Å². The molecule has 3 rings (SSSR count). The van der Waals surface area contributed by atoms with Crippen molar-refractivity contribution in [2.45, 2.75) is 32.0 Å². The maximum absolute atomic E-state index is 13.4. The van der Waals surface area contributed by atoms with E-state index in [0.29, 0.717) is 25.1 Å². The fourth-order valence-electron chi connectivity index (χ4n) is 3.49. The van der Waals surface area contributed by atoms with Crippen molar-refractivity contribution in [2.24, 2.45) is 0 Å². The number of ether oxygens (including phenoxy) is 1. The summed E-state index contributed by atoms with van der Waals surface area (Å²) in [5.74, 6) is -0.273. The van der Waals surface area contributed by atoms with Crippen LogP contribution in [0.4, 0.5) is 4.39 Å². The van der Waals surface area contributed by atoms with Gasteiger partial charge in [0.15, 0.2) is 0 Å². The van der Waals surface area contributed by atoms with E-state index >= 15 is 0 Å². The molecule has 0 fully saturated rings. The minimum Gasteiger partial charge on any atom is -0.361 e. The van der Waals surface area contributed by atoms with E-state index in [1.54, 1.807) is 37.1 Å². The average molecular weight is 352 g/mol. The summed E-state index contributed by atoms with van der Waals surface area (Å²) in [6.07, 6.45) is 1.40. The largest absolute Gasteiger partial charge is 0.361 e. The van der Waals surface area contributed by atoms with Crippen LogP contribution in [0.3, 0.4) is 0 Å². The predicted molar refractivity (Wildman–Crippen MR) is 95.7 cm³/mol. The molecule has 2 aromatic rings. The third-order valence-electron chi connectivity index (χ3n) is 5.01. The zero-order chi connectivity index (χ0) is 18.7. The summed E-state index contributed by atoms with van der Waals surface area (Å²) in [5.41, 5.74) is 2.78. The second-order valence-electron chi connectivity index (χ2n) is 6.65. The topological polar surface area (TPSA) is 53.3 Å². The highest BCUT2D eigenvalue weighted by molar-refractivity contribution is 5.72. The number of carbonyl (C=O) groups excluding carboxylic acids is 1. The fraction of sp³-hybridized carbons (Fsp3) is 0.333. The molecule has 1 unspecified atom stereocenters. The van der Waals surface area contributed by atoms with E-state index in [9.17, 15) is 9.18 Å². The van der Waals surface area contributed by atoms with Crippen LogP contribution < -0.4 is 0 Å². The summed E-state index contributed by atoms with van der Waals surface area (Å²) >= 11 is 0. The Morgan fingerprint density at radius 3 is 2.69 bits per heavy atom. The quantitative estimate of drug-likeness (QED) is 0.824. The molecule has 0 saturated carbocycles. The third-order valence-corrected chi connectivity index (χ3v) is 5.01. The zero-order valence-corrected chi connectivity index (χ0v) is 15.0. The second-order valence-corrected chi connectivity index (χ2v) is 6.65. The molecule has 1 aliphatic rings. The van der Waals surface area contributed by atoms with Crippen LogP contribution >= 0.6 is 0 Å². The number of hydrogen-bond acceptors (Lipinski definition) is 3. The molecule has 1 aliphatic heterocycles. The van der Waals surface area contributed by atoms with Crippen LogP contribution in [0, 0.1) is 17.1 Å². The maximum atomic E-state index is 13.4. The minimum absolute atomic E-state index is 0.0206. The van der Waals surface area contributed by atoms with E-state index in [0.717, 1.165) is 23.1 Å². The smallest absolute Gasteiger partial charge is 0.219 e. The minimum atomic E-state index is -0.686. The molecule has 4 nitrogen and oxygen atoms in total. The predicted octanol–water partition coefficient (Wildman–Crippen LogP) is 3.73. The summed E-state index contributed by atoms with van der Waals surface area (Å²) < 4.78 is 19.7. The highest BCUT2D eigenvalue weighted by Crippen LogP contribution is 2.45. The van der Waals surface area contributed by atoms with Crippen LogP contribution in [0.2, 0.25) is 0 Å². The molecular formula is C21H21FN2O2. The molecule has 1 atom stereocenters. The second kappa shape index (κ2) is 7.27. The first-order chi connectivity index (χ1) is 12.5. The van der Waals surface area contributed by atoms with Gasteiger partial charge >= 0.3 is 0 Å². The lowest BCUT2D eigenvalue weighted by atomic mass is 9.81. The van der Waals surface area contributed by atoms with Crippen molar-refractivity contribution in [1.29, 1.82) is 5.26 Å². The summed E-state index contributed by atoms with van der Waals surface area (Å²) in [6, 6.07) is 14.1. The molecule has 0 aliphatic carbocycles. The Bertz CT molecular complexity index is 857. The molecule has 0 bridgehead atoms. The summed E-state index contributed by atoms with van der Waals surface area (Å²) in [7, 11) is 1.77. The van der Waals surface area contributed by atoms with Crippen molar-refractivity contribution < 1.29 is 13.9 Å². The Morgan fingerprint density at radius 2 is 2.04 bits per heavy atom. The van der Waals surface area contributed by atoms with Gasteiger partial charge in [0.25, 0.3) is 0 Å². The number of amides is 1. The van der Waals surface area contributed by atoms with E-state index in [4.69, 9.17) is 10.00 Å². The van der Waals surface area contributed by atoms with Gasteiger partial charge in [-0.3, -0.25) is 4.79 Å². The van der Waals surface area contributed by atoms with Gasteiger partial charge in [-0.15, -0.1) is 0 Å². The molecule has 0 N–H and O–H groups in total. The summed E-state index contributed by atoms with van der Waals surface area (Å²) in [5, 5.41) is 9.13. The van der Waals surface area contributed by atoms with Crippen molar-refractivity contribution in [3.63, 3.8) is 0 Å². The summed E-state index contributed by atoms with van der Waals surface area (Å²) in [6.45, 7) is 2.57.